The van der Waals surface area contributed by atoms with Gasteiger partial charge in [0.2, 0.25) is 0 Å². The minimum Gasteiger partial charge on any atom is -0.337 e. The van der Waals surface area contributed by atoms with Gasteiger partial charge >= 0.3 is 0 Å². The Kier molecular flexibility index (Phi) is 3.74. The third kappa shape index (κ3) is 2.73. The molecule has 0 spiro atoms. The van der Waals surface area contributed by atoms with E-state index in [-0.39, 0.29) is 11.1 Å². The first kappa shape index (κ1) is 13.5. The molecule has 0 saturated carbocycles. The molecule has 102 valence electrons. The molecule has 0 radical (unpaired) electrons. The Morgan fingerprint density at radius 3 is 2.83 bits per heavy atom. The van der Waals surface area contributed by atoms with Crippen LogP contribution in [0.3, 0.4) is 0 Å². The first-order valence-corrected chi connectivity index (χ1v) is 7.61. The van der Waals surface area contributed by atoms with Crippen LogP contribution in [0.25, 0.3) is 0 Å². The highest BCUT2D eigenvalue weighted by molar-refractivity contribution is 7.89. The molecule has 2 atom stereocenters. The molecule has 7 heteroatoms. The van der Waals surface area contributed by atoms with E-state index in [2.05, 4.69) is 15.0 Å². The lowest BCUT2D eigenvalue weighted by atomic mass is 9.97. The molecule has 1 saturated heterocycles. The molecule has 2 N–H and O–H groups in total. The summed E-state index contributed by atoms with van der Waals surface area (Å²) in [5.74, 6) is 0.979. The van der Waals surface area contributed by atoms with Crippen molar-refractivity contribution in [2.45, 2.75) is 31.3 Å². The highest BCUT2D eigenvalue weighted by atomic mass is 32.2. The Labute approximate surface area is 108 Å². The molecular formula is C11H20N4O2S. The minimum absolute atomic E-state index is 0.0152. The number of imidazole rings is 1. The smallest absolute Gasteiger partial charge is 0.259 e. The maximum atomic E-state index is 12.2. The van der Waals surface area contributed by atoms with Crippen LogP contribution in [0.5, 0.6) is 0 Å². The summed E-state index contributed by atoms with van der Waals surface area (Å²) in [6.45, 7) is 5.52. The van der Waals surface area contributed by atoms with E-state index in [4.69, 9.17) is 0 Å². The number of hydrogen-bond donors (Lipinski definition) is 2. The fourth-order valence-corrected chi connectivity index (χ4v) is 3.52. The molecule has 6 nitrogen and oxygen atoms in total. The fourth-order valence-electron chi connectivity index (χ4n) is 2.10. The molecule has 1 fully saturated rings. The van der Waals surface area contributed by atoms with Gasteiger partial charge in [-0.25, -0.2) is 18.1 Å². The van der Waals surface area contributed by atoms with Gasteiger partial charge in [-0.05, 0) is 32.4 Å². The summed E-state index contributed by atoms with van der Waals surface area (Å²) in [5.41, 5.74) is 0. The standard InChI is InChI=1S/C11H20N4O2S/c1-8-6-12-5-4-10(8)14-18(16,17)11-7-15(3)9(2)13-11/h7-8,10,12,14H,4-6H2,1-3H3/t8-,10-/m0/s1. The monoisotopic (exact) mass is 272 g/mol. The maximum absolute atomic E-state index is 12.2. The van der Waals surface area contributed by atoms with Gasteiger partial charge in [-0.2, -0.15) is 0 Å². The Morgan fingerprint density at radius 2 is 2.28 bits per heavy atom. The highest BCUT2D eigenvalue weighted by Gasteiger charge is 2.28. The second-order valence-corrected chi connectivity index (χ2v) is 6.60. The molecule has 0 aromatic carbocycles. The lowest BCUT2D eigenvalue weighted by Gasteiger charge is -2.29. The Balaban J connectivity index is 2.16. The molecular weight excluding hydrogens is 252 g/mol. The fraction of sp³-hybridized carbons (Fsp3) is 0.727. The minimum atomic E-state index is -3.50. The first-order valence-electron chi connectivity index (χ1n) is 6.13. The van der Waals surface area contributed by atoms with Gasteiger partial charge in [0.1, 0.15) is 5.82 Å². The number of sulfonamides is 1. The van der Waals surface area contributed by atoms with Crippen molar-refractivity contribution in [3.05, 3.63) is 12.0 Å². The van der Waals surface area contributed by atoms with Gasteiger partial charge in [0.05, 0.1) is 0 Å². The van der Waals surface area contributed by atoms with Gasteiger partial charge in [0.15, 0.2) is 5.03 Å². The normalized spacial score (nSPS) is 25.3. The maximum Gasteiger partial charge on any atom is 0.259 e. The highest BCUT2D eigenvalue weighted by Crippen LogP contribution is 2.15. The van der Waals surface area contributed by atoms with E-state index in [1.54, 1.807) is 24.7 Å². The van der Waals surface area contributed by atoms with Gasteiger partial charge in [-0.3, -0.25) is 0 Å². The van der Waals surface area contributed by atoms with Crippen LogP contribution < -0.4 is 10.0 Å². The van der Waals surface area contributed by atoms with E-state index >= 15 is 0 Å². The van der Waals surface area contributed by atoms with Crippen LogP contribution in [0.1, 0.15) is 19.2 Å². The summed E-state index contributed by atoms with van der Waals surface area (Å²) < 4.78 is 28.9. The largest absolute Gasteiger partial charge is 0.337 e. The number of piperidine rings is 1. The lowest BCUT2D eigenvalue weighted by molar-refractivity contribution is 0.328. The zero-order chi connectivity index (χ0) is 13.3. The van der Waals surface area contributed by atoms with Crippen LogP contribution in [-0.4, -0.2) is 37.1 Å². The molecule has 2 heterocycles. The number of nitrogens with zero attached hydrogens (tertiary/aromatic N) is 2. The summed E-state index contributed by atoms with van der Waals surface area (Å²) in [6.07, 6.45) is 2.36. The number of aryl methyl sites for hydroxylation is 2. The van der Waals surface area contributed by atoms with Crippen LogP contribution in [0.2, 0.25) is 0 Å². The van der Waals surface area contributed by atoms with Crippen LogP contribution in [0.15, 0.2) is 11.2 Å². The predicted octanol–water partition coefficient (Wildman–Crippen LogP) is 0.00482. The molecule has 0 aliphatic carbocycles. The van der Waals surface area contributed by atoms with Gasteiger partial charge in [0.25, 0.3) is 10.0 Å². The van der Waals surface area contributed by atoms with Crippen molar-refractivity contribution in [1.82, 2.24) is 19.6 Å². The van der Waals surface area contributed by atoms with E-state index in [0.717, 1.165) is 19.5 Å². The summed E-state index contributed by atoms with van der Waals surface area (Å²) in [7, 11) is -1.72. The molecule has 0 bridgehead atoms. The molecule has 1 aromatic heterocycles. The quantitative estimate of drug-likeness (QED) is 0.812. The van der Waals surface area contributed by atoms with Crippen molar-refractivity contribution >= 4 is 10.0 Å². The Hall–Kier alpha value is -0.920. The number of aromatic nitrogens is 2. The molecule has 0 unspecified atom stereocenters. The second kappa shape index (κ2) is 4.99. The topological polar surface area (TPSA) is 76.0 Å². The van der Waals surface area contributed by atoms with Gasteiger partial charge < -0.3 is 9.88 Å². The van der Waals surface area contributed by atoms with Crippen molar-refractivity contribution in [3.63, 3.8) is 0 Å². The molecule has 1 aliphatic heterocycles. The third-order valence-electron chi connectivity index (χ3n) is 3.45. The van der Waals surface area contributed by atoms with Crippen molar-refractivity contribution < 1.29 is 8.42 Å². The summed E-state index contributed by atoms with van der Waals surface area (Å²) in [4.78, 5) is 4.07. The summed E-state index contributed by atoms with van der Waals surface area (Å²) in [5, 5.41) is 3.35. The van der Waals surface area contributed by atoms with Crippen LogP contribution in [0.4, 0.5) is 0 Å². The lowest BCUT2D eigenvalue weighted by Crippen LogP contribution is -2.48. The Bertz CT molecular complexity index is 504. The number of hydrogen-bond acceptors (Lipinski definition) is 4. The van der Waals surface area contributed by atoms with Crippen LogP contribution in [0, 0.1) is 12.8 Å². The number of rotatable bonds is 3. The number of nitrogens with one attached hydrogen (secondary N) is 2. The average Bonchev–Trinajstić information content (AvgIpc) is 2.63. The van der Waals surface area contributed by atoms with E-state index in [9.17, 15) is 8.42 Å². The molecule has 1 aromatic rings. The van der Waals surface area contributed by atoms with Gasteiger partial charge in [-0.15, -0.1) is 0 Å². The van der Waals surface area contributed by atoms with Crippen molar-refractivity contribution in [2.24, 2.45) is 13.0 Å². The van der Waals surface area contributed by atoms with E-state index in [0.29, 0.717) is 11.7 Å². The SMILES string of the molecule is Cc1nc(S(=O)(=O)N[C@H]2CCNC[C@@H]2C)cn1C. The van der Waals surface area contributed by atoms with Crippen LogP contribution in [-0.2, 0) is 17.1 Å². The van der Waals surface area contributed by atoms with Crippen molar-refractivity contribution in [1.29, 1.82) is 0 Å². The first-order chi connectivity index (χ1) is 8.40. The molecule has 18 heavy (non-hydrogen) atoms. The van der Waals surface area contributed by atoms with Gasteiger partial charge in [-0.1, -0.05) is 6.92 Å². The van der Waals surface area contributed by atoms with E-state index in [1.807, 2.05) is 6.92 Å². The summed E-state index contributed by atoms with van der Waals surface area (Å²) >= 11 is 0. The Morgan fingerprint density at radius 1 is 1.56 bits per heavy atom. The average molecular weight is 272 g/mol. The molecule has 0 amide bonds. The third-order valence-corrected chi connectivity index (χ3v) is 4.81. The summed E-state index contributed by atoms with van der Waals surface area (Å²) in [6, 6.07) is -0.0152. The molecule has 2 rings (SSSR count). The van der Waals surface area contributed by atoms with Crippen molar-refractivity contribution in [2.75, 3.05) is 13.1 Å². The zero-order valence-electron chi connectivity index (χ0n) is 11.0. The van der Waals surface area contributed by atoms with Crippen molar-refractivity contribution in [3.8, 4) is 0 Å². The van der Waals surface area contributed by atoms with Crippen LogP contribution >= 0.6 is 0 Å². The zero-order valence-corrected chi connectivity index (χ0v) is 11.8. The molecule has 1 aliphatic rings. The predicted molar refractivity (Wildman–Crippen MR) is 68.7 cm³/mol. The second-order valence-electron chi connectivity index (χ2n) is 4.94. The van der Waals surface area contributed by atoms with E-state index < -0.39 is 10.0 Å². The van der Waals surface area contributed by atoms with Gasteiger partial charge in [0, 0.05) is 19.3 Å². The van der Waals surface area contributed by atoms with E-state index in [1.165, 1.54) is 0 Å².